The van der Waals surface area contributed by atoms with Gasteiger partial charge in [-0.15, -0.1) is 0 Å². The van der Waals surface area contributed by atoms with Crippen LogP contribution in [0.4, 0.5) is 0 Å². The molecule has 17 heavy (non-hydrogen) atoms. The van der Waals surface area contributed by atoms with Crippen molar-refractivity contribution in [3.63, 3.8) is 0 Å². The van der Waals surface area contributed by atoms with E-state index in [0.717, 1.165) is 25.1 Å². The summed E-state index contributed by atoms with van der Waals surface area (Å²) in [7, 11) is 1.88. The highest BCUT2D eigenvalue weighted by molar-refractivity contribution is 5.78. The molecule has 1 fully saturated rings. The van der Waals surface area contributed by atoms with E-state index in [1.165, 1.54) is 0 Å². The predicted octanol–water partition coefficient (Wildman–Crippen LogP) is 0.424. The molecule has 5 nitrogen and oxygen atoms in total. The Bertz CT molecular complexity index is 380. The molecule has 1 saturated heterocycles. The summed E-state index contributed by atoms with van der Waals surface area (Å²) in [6.45, 7) is 3.50. The maximum Gasteiger partial charge on any atom is 0.224 e. The van der Waals surface area contributed by atoms with E-state index in [2.05, 4.69) is 22.7 Å². The summed E-state index contributed by atoms with van der Waals surface area (Å²) in [6.07, 6.45) is 3.79. The second-order valence-electron chi connectivity index (χ2n) is 4.75. The van der Waals surface area contributed by atoms with Crippen molar-refractivity contribution in [2.45, 2.75) is 32.4 Å². The van der Waals surface area contributed by atoms with E-state index in [0.29, 0.717) is 12.6 Å². The van der Waals surface area contributed by atoms with E-state index in [4.69, 9.17) is 0 Å². The number of aromatic nitrogens is 2. The quantitative estimate of drug-likeness (QED) is 0.800. The average Bonchev–Trinajstić information content (AvgIpc) is 2.73. The lowest BCUT2D eigenvalue weighted by molar-refractivity contribution is -0.125. The number of nitrogens with zero attached hydrogens (tertiary/aromatic N) is 2. The molecule has 0 saturated carbocycles. The number of carbonyl (C=O) groups excluding carboxylic acids is 1. The van der Waals surface area contributed by atoms with E-state index in [-0.39, 0.29) is 11.8 Å². The van der Waals surface area contributed by atoms with Crippen LogP contribution in [0.25, 0.3) is 0 Å². The number of hydrogen-bond acceptors (Lipinski definition) is 3. The van der Waals surface area contributed by atoms with Crippen LogP contribution in [-0.2, 0) is 18.4 Å². The molecule has 0 radical (unpaired) electrons. The molecule has 2 atom stereocenters. The van der Waals surface area contributed by atoms with Gasteiger partial charge < -0.3 is 10.6 Å². The smallest absolute Gasteiger partial charge is 0.224 e. The minimum atomic E-state index is 0.111. The highest BCUT2D eigenvalue weighted by Crippen LogP contribution is 2.14. The Morgan fingerprint density at radius 2 is 2.47 bits per heavy atom. The van der Waals surface area contributed by atoms with Gasteiger partial charge in [-0.1, -0.05) is 0 Å². The highest BCUT2D eigenvalue weighted by atomic mass is 16.1. The monoisotopic (exact) mass is 236 g/mol. The molecular weight excluding hydrogens is 216 g/mol. The van der Waals surface area contributed by atoms with Crippen LogP contribution in [-0.4, -0.2) is 28.3 Å². The lowest BCUT2D eigenvalue weighted by Gasteiger charge is -2.26. The van der Waals surface area contributed by atoms with Gasteiger partial charge in [0.2, 0.25) is 5.91 Å². The van der Waals surface area contributed by atoms with Gasteiger partial charge in [0, 0.05) is 25.8 Å². The van der Waals surface area contributed by atoms with Gasteiger partial charge >= 0.3 is 0 Å². The summed E-state index contributed by atoms with van der Waals surface area (Å²) in [6, 6.07) is 2.46. The minimum Gasteiger partial charge on any atom is -0.350 e. The van der Waals surface area contributed by atoms with Crippen molar-refractivity contribution >= 4 is 5.91 Å². The molecule has 2 unspecified atom stereocenters. The molecule has 1 aromatic heterocycles. The summed E-state index contributed by atoms with van der Waals surface area (Å²) in [5, 5.41) is 10.4. The van der Waals surface area contributed by atoms with Crippen molar-refractivity contribution < 1.29 is 4.79 Å². The number of hydrogen-bond donors (Lipinski definition) is 2. The van der Waals surface area contributed by atoms with Crippen LogP contribution >= 0.6 is 0 Å². The van der Waals surface area contributed by atoms with Gasteiger partial charge in [0.15, 0.2) is 0 Å². The third kappa shape index (κ3) is 3.06. The summed E-state index contributed by atoms with van der Waals surface area (Å²) >= 11 is 0. The molecule has 2 heterocycles. The Morgan fingerprint density at radius 1 is 1.65 bits per heavy atom. The van der Waals surface area contributed by atoms with Crippen molar-refractivity contribution in [1.82, 2.24) is 20.4 Å². The molecule has 2 rings (SSSR count). The number of rotatable bonds is 3. The second kappa shape index (κ2) is 5.31. The fraction of sp³-hybridized carbons (Fsp3) is 0.667. The van der Waals surface area contributed by atoms with Crippen molar-refractivity contribution in [3.05, 3.63) is 18.0 Å². The van der Waals surface area contributed by atoms with Crippen LogP contribution in [0.3, 0.4) is 0 Å². The van der Waals surface area contributed by atoms with Crippen molar-refractivity contribution in [1.29, 1.82) is 0 Å². The second-order valence-corrected chi connectivity index (χ2v) is 4.75. The SMILES string of the molecule is CC1CCC(C(=O)NCc2ccnn2C)CN1. The molecule has 1 aliphatic rings. The number of amides is 1. The molecular formula is C12H20N4O. The first-order valence-corrected chi connectivity index (χ1v) is 6.15. The third-order valence-corrected chi connectivity index (χ3v) is 3.40. The third-order valence-electron chi connectivity index (χ3n) is 3.40. The fourth-order valence-corrected chi connectivity index (χ4v) is 2.12. The van der Waals surface area contributed by atoms with Crippen molar-refractivity contribution in [2.75, 3.05) is 6.54 Å². The minimum absolute atomic E-state index is 0.111. The van der Waals surface area contributed by atoms with Crippen LogP contribution in [0.1, 0.15) is 25.5 Å². The molecule has 94 valence electrons. The Hall–Kier alpha value is -1.36. The zero-order valence-electron chi connectivity index (χ0n) is 10.4. The average molecular weight is 236 g/mol. The van der Waals surface area contributed by atoms with Crippen molar-refractivity contribution in [2.24, 2.45) is 13.0 Å². The standard InChI is InChI=1S/C12H20N4O/c1-9-3-4-10(7-13-9)12(17)14-8-11-5-6-15-16(11)2/h5-6,9-10,13H,3-4,7-8H2,1-2H3,(H,14,17). The van der Waals surface area contributed by atoms with Gasteiger partial charge in [0.05, 0.1) is 18.2 Å². The Labute approximate surface area is 102 Å². The normalized spacial score (nSPS) is 24.6. The van der Waals surface area contributed by atoms with Gasteiger partial charge in [-0.25, -0.2) is 0 Å². The lowest BCUT2D eigenvalue weighted by Crippen LogP contribution is -2.43. The largest absolute Gasteiger partial charge is 0.350 e. The van der Waals surface area contributed by atoms with E-state index >= 15 is 0 Å². The molecule has 1 aliphatic heterocycles. The highest BCUT2D eigenvalue weighted by Gasteiger charge is 2.23. The van der Waals surface area contributed by atoms with Gasteiger partial charge in [0.1, 0.15) is 0 Å². The first-order chi connectivity index (χ1) is 8.16. The maximum atomic E-state index is 11.9. The first-order valence-electron chi connectivity index (χ1n) is 6.15. The van der Waals surface area contributed by atoms with Crippen LogP contribution in [0.2, 0.25) is 0 Å². The van der Waals surface area contributed by atoms with Gasteiger partial charge in [-0.2, -0.15) is 5.10 Å². The van der Waals surface area contributed by atoms with Crippen LogP contribution in [0.5, 0.6) is 0 Å². The van der Waals surface area contributed by atoms with Gasteiger partial charge in [0.25, 0.3) is 0 Å². The van der Waals surface area contributed by atoms with E-state index < -0.39 is 0 Å². The van der Waals surface area contributed by atoms with E-state index in [1.807, 2.05) is 13.1 Å². The van der Waals surface area contributed by atoms with Crippen LogP contribution in [0.15, 0.2) is 12.3 Å². The molecule has 0 bridgehead atoms. The molecule has 0 aromatic carbocycles. The number of aryl methyl sites for hydroxylation is 1. The maximum absolute atomic E-state index is 11.9. The molecule has 2 N–H and O–H groups in total. The van der Waals surface area contributed by atoms with Crippen LogP contribution < -0.4 is 10.6 Å². The number of piperidine rings is 1. The molecule has 5 heteroatoms. The Kier molecular flexibility index (Phi) is 3.78. The molecule has 0 spiro atoms. The zero-order chi connectivity index (χ0) is 12.3. The summed E-state index contributed by atoms with van der Waals surface area (Å²) in [5.74, 6) is 0.255. The summed E-state index contributed by atoms with van der Waals surface area (Å²) in [5.41, 5.74) is 1.02. The van der Waals surface area contributed by atoms with E-state index in [9.17, 15) is 4.79 Å². The molecule has 0 aliphatic carbocycles. The van der Waals surface area contributed by atoms with Gasteiger partial charge in [-0.3, -0.25) is 9.48 Å². The molecule has 1 amide bonds. The fourth-order valence-electron chi connectivity index (χ4n) is 2.12. The van der Waals surface area contributed by atoms with Crippen LogP contribution in [0, 0.1) is 5.92 Å². The Balaban J connectivity index is 1.80. The molecule has 1 aromatic rings. The van der Waals surface area contributed by atoms with Gasteiger partial charge in [-0.05, 0) is 25.8 Å². The lowest BCUT2D eigenvalue weighted by atomic mass is 9.95. The summed E-state index contributed by atoms with van der Waals surface area (Å²) in [4.78, 5) is 11.9. The summed E-state index contributed by atoms with van der Waals surface area (Å²) < 4.78 is 1.78. The number of nitrogens with one attached hydrogen (secondary N) is 2. The topological polar surface area (TPSA) is 59.0 Å². The zero-order valence-corrected chi connectivity index (χ0v) is 10.4. The number of carbonyl (C=O) groups is 1. The first kappa shape index (κ1) is 12.1. The Morgan fingerprint density at radius 3 is 3.06 bits per heavy atom. The van der Waals surface area contributed by atoms with Crippen molar-refractivity contribution in [3.8, 4) is 0 Å². The van der Waals surface area contributed by atoms with E-state index in [1.54, 1.807) is 10.9 Å². The predicted molar refractivity (Wildman–Crippen MR) is 65.2 cm³/mol.